The number of rotatable bonds is 11. The lowest BCUT2D eigenvalue weighted by atomic mass is 10.1. The fourth-order valence-electron chi connectivity index (χ4n) is 3.15. The minimum atomic E-state index is -0.674. The minimum Gasteiger partial charge on any atom is -0.491 e. The molecular weight excluding hydrogens is 380 g/mol. The van der Waals surface area contributed by atoms with E-state index >= 15 is 0 Å². The summed E-state index contributed by atoms with van der Waals surface area (Å²) in [6.45, 7) is 1.87. The highest BCUT2D eigenvalue weighted by Gasteiger charge is 2.15. The lowest BCUT2D eigenvalue weighted by Gasteiger charge is -2.25. The molecule has 158 valence electrons. The zero-order valence-corrected chi connectivity index (χ0v) is 17.4. The van der Waals surface area contributed by atoms with E-state index in [1.807, 2.05) is 26.2 Å². The van der Waals surface area contributed by atoms with Crippen molar-refractivity contribution in [3.63, 3.8) is 0 Å². The lowest BCUT2D eigenvalue weighted by Crippen LogP contribution is -2.35. The molecule has 3 rings (SSSR count). The molecule has 2 aromatic carbocycles. The Morgan fingerprint density at radius 1 is 1.03 bits per heavy atom. The van der Waals surface area contributed by atoms with Crippen molar-refractivity contribution in [2.45, 2.75) is 19.2 Å². The van der Waals surface area contributed by atoms with Crippen LogP contribution in [-0.4, -0.2) is 49.6 Å². The highest BCUT2D eigenvalue weighted by Crippen LogP contribution is 2.16. The Labute approximate surface area is 177 Å². The van der Waals surface area contributed by atoms with Gasteiger partial charge < -0.3 is 19.2 Å². The quantitative estimate of drug-likeness (QED) is 0.489. The summed E-state index contributed by atoms with van der Waals surface area (Å²) in [7, 11) is 4.03. The van der Waals surface area contributed by atoms with Crippen molar-refractivity contribution in [3.8, 4) is 5.75 Å². The standard InChI is InChI=1S/C24H28N2O4/c1-25(2)21-9-5-19(6-10-21)14-26(16-24-4-3-13-29-24)15-22(28)18-30-23-11-7-20(17-27)8-12-23/h3-13,17,22,28H,14-16,18H2,1-2H3. The van der Waals surface area contributed by atoms with Crippen molar-refractivity contribution in [1.29, 1.82) is 0 Å². The highest BCUT2D eigenvalue weighted by atomic mass is 16.5. The van der Waals surface area contributed by atoms with Crippen LogP contribution in [-0.2, 0) is 13.1 Å². The third kappa shape index (κ3) is 6.47. The fraction of sp³-hybridized carbons (Fsp3) is 0.292. The summed E-state index contributed by atoms with van der Waals surface area (Å²) in [6.07, 6.45) is 1.77. The Morgan fingerprint density at radius 2 is 1.77 bits per heavy atom. The third-order valence-corrected chi connectivity index (χ3v) is 4.75. The van der Waals surface area contributed by atoms with Crippen LogP contribution in [0.25, 0.3) is 0 Å². The number of hydrogen-bond donors (Lipinski definition) is 1. The summed E-state index contributed by atoms with van der Waals surface area (Å²) in [4.78, 5) is 14.9. The largest absolute Gasteiger partial charge is 0.491 e. The third-order valence-electron chi connectivity index (χ3n) is 4.75. The molecule has 1 atom stereocenters. The molecule has 6 nitrogen and oxygen atoms in total. The maximum Gasteiger partial charge on any atom is 0.150 e. The molecule has 0 bridgehead atoms. The maximum absolute atomic E-state index is 10.7. The second-order valence-electron chi connectivity index (χ2n) is 7.46. The van der Waals surface area contributed by atoms with Gasteiger partial charge in [0.05, 0.1) is 12.8 Å². The maximum atomic E-state index is 10.7. The van der Waals surface area contributed by atoms with Crippen molar-refractivity contribution < 1.29 is 19.1 Å². The molecule has 6 heteroatoms. The van der Waals surface area contributed by atoms with Gasteiger partial charge in [0.15, 0.2) is 0 Å². The van der Waals surface area contributed by atoms with Crippen LogP contribution in [0.3, 0.4) is 0 Å². The van der Waals surface area contributed by atoms with Gasteiger partial charge in [-0.15, -0.1) is 0 Å². The highest BCUT2D eigenvalue weighted by molar-refractivity contribution is 5.74. The van der Waals surface area contributed by atoms with E-state index in [-0.39, 0.29) is 6.61 Å². The number of benzene rings is 2. The van der Waals surface area contributed by atoms with Crippen molar-refractivity contribution in [2.75, 3.05) is 32.1 Å². The number of carbonyl (C=O) groups excluding carboxylic acids is 1. The molecule has 1 aromatic heterocycles. The summed E-state index contributed by atoms with van der Waals surface area (Å²) in [6, 6.07) is 19.0. The average Bonchev–Trinajstić information content (AvgIpc) is 3.26. The first-order valence-electron chi connectivity index (χ1n) is 9.90. The molecule has 1 heterocycles. The Morgan fingerprint density at radius 3 is 2.37 bits per heavy atom. The first kappa shape index (κ1) is 21.6. The minimum absolute atomic E-state index is 0.161. The Balaban J connectivity index is 1.60. The Hall–Kier alpha value is -3.09. The smallest absolute Gasteiger partial charge is 0.150 e. The molecule has 30 heavy (non-hydrogen) atoms. The number of aldehydes is 1. The van der Waals surface area contributed by atoms with E-state index in [0.717, 1.165) is 23.3 Å². The average molecular weight is 408 g/mol. The summed E-state index contributed by atoms with van der Waals surface area (Å²) < 4.78 is 11.2. The summed E-state index contributed by atoms with van der Waals surface area (Å²) >= 11 is 0. The number of hydrogen-bond acceptors (Lipinski definition) is 6. The van der Waals surface area contributed by atoms with Crippen molar-refractivity contribution in [2.24, 2.45) is 0 Å². The van der Waals surface area contributed by atoms with Crippen LogP contribution in [0.4, 0.5) is 5.69 Å². The topological polar surface area (TPSA) is 66.2 Å². The van der Waals surface area contributed by atoms with E-state index in [4.69, 9.17) is 9.15 Å². The van der Waals surface area contributed by atoms with Gasteiger partial charge in [-0.05, 0) is 54.1 Å². The second kappa shape index (κ2) is 10.6. The molecule has 0 saturated heterocycles. The number of aliphatic hydroxyl groups is 1. The van der Waals surface area contributed by atoms with E-state index < -0.39 is 6.10 Å². The Bertz CT molecular complexity index is 890. The number of ether oxygens (including phenoxy) is 1. The number of anilines is 1. The van der Waals surface area contributed by atoms with Gasteiger partial charge in [-0.25, -0.2) is 0 Å². The van der Waals surface area contributed by atoms with E-state index in [1.54, 1.807) is 30.5 Å². The van der Waals surface area contributed by atoms with Crippen LogP contribution in [0.5, 0.6) is 5.75 Å². The predicted molar refractivity (Wildman–Crippen MR) is 117 cm³/mol. The van der Waals surface area contributed by atoms with Crippen LogP contribution in [0.1, 0.15) is 21.7 Å². The van der Waals surface area contributed by atoms with Gasteiger partial charge in [-0.1, -0.05) is 12.1 Å². The van der Waals surface area contributed by atoms with Gasteiger partial charge in [0, 0.05) is 38.4 Å². The molecule has 1 N–H and O–H groups in total. The van der Waals surface area contributed by atoms with Crippen molar-refractivity contribution in [1.82, 2.24) is 4.90 Å². The SMILES string of the molecule is CN(C)c1ccc(CN(Cc2ccco2)CC(O)COc2ccc(C=O)cc2)cc1. The normalized spacial score (nSPS) is 12.0. The monoisotopic (exact) mass is 408 g/mol. The molecule has 0 saturated carbocycles. The first-order valence-corrected chi connectivity index (χ1v) is 9.90. The second-order valence-corrected chi connectivity index (χ2v) is 7.46. The zero-order chi connectivity index (χ0) is 21.3. The van der Waals surface area contributed by atoms with Crippen LogP contribution in [0.2, 0.25) is 0 Å². The molecule has 0 aliphatic heterocycles. The molecule has 1 unspecified atom stereocenters. The van der Waals surface area contributed by atoms with Gasteiger partial charge in [-0.3, -0.25) is 9.69 Å². The molecule has 3 aromatic rings. The summed E-state index contributed by atoms with van der Waals surface area (Å²) in [5.74, 6) is 1.47. The number of carbonyl (C=O) groups is 1. The summed E-state index contributed by atoms with van der Waals surface area (Å²) in [5, 5.41) is 10.5. The van der Waals surface area contributed by atoms with E-state index in [2.05, 4.69) is 34.1 Å². The van der Waals surface area contributed by atoms with Gasteiger partial charge in [0.25, 0.3) is 0 Å². The molecule has 0 aliphatic carbocycles. The zero-order valence-electron chi connectivity index (χ0n) is 17.4. The van der Waals surface area contributed by atoms with E-state index in [9.17, 15) is 9.90 Å². The molecule has 0 radical (unpaired) electrons. The molecule has 0 aliphatic rings. The molecule has 0 amide bonds. The van der Waals surface area contributed by atoms with Crippen LogP contribution in [0, 0.1) is 0 Å². The number of furan rings is 1. The van der Waals surface area contributed by atoms with Gasteiger partial charge in [-0.2, -0.15) is 0 Å². The summed E-state index contributed by atoms with van der Waals surface area (Å²) in [5.41, 5.74) is 2.89. The van der Waals surface area contributed by atoms with E-state index in [1.165, 1.54) is 0 Å². The van der Waals surface area contributed by atoms with Crippen molar-refractivity contribution in [3.05, 3.63) is 83.8 Å². The predicted octanol–water partition coefficient (Wildman–Crippen LogP) is 3.60. The van der Waals surface area contributed by atoms with Crippen molar-refractivity contribution >= 4 is 12.0 Å². The van der Waals surface area contributed by atoms with Gasteiger partial charge >= 0.3 is 0 Å². The van der Waals surface area contributed by atoms with Crippen LogP contribution < -0.4 is 9.64 Å². The van der Waals surface area contributed by atoms with Crippen LogP contribution >= 0.6 is 0 Å². The molecule has 0 fully saturated rings. The first-order chi connectivity index (χ1) is 14.5. The number of aliphatic hydroxyl groups excluding tert-OH is 1. The lowest BCUT2D eigenvalue weighted by molar-refractivity contribution is 0.0604. The molecule has 0 spiro atoms. The van der Waals surface area contributed by atoms with E-state index in [0.29, 0.717) is 30.9 Å². The van der Waals surface area contributed by atoms with Crippen LogP contribution in [0.15, 0.2) is 71.3 Å². The number of nitrogens with zero attached hydrogens (tertiary/aromatic N) is 2. The fourth-order valence-corrected chi connectivity index (χ4v) is 3.15. The van der Waals surface area contributed by atoms with Gasteiger partial charge in [0.1, 0.15) is 30.5 Å². The van der Waals surface area contributed by atoms with Gasteiger partial charge in [0.2, 0.25) is 0 Å². The Kier molecular flexibility index (Phi) is 7.65. The molecular formula is C24H28N2O4.